The third-order valence-corrected chi connectivity index (χ3v) is 2.76. The molecule has 0 amide bonds. The van der Waals surface area contributed by atoms with Gasteiger partial charge >= 0.3 is 0 Å². The fourth-order valence-corrected chi connectivity index (χ4v) is 1.94. The quantitative estimate of drug-likeness (QED) is 0.824. The lowest BCUT2D eigenvalue weighted by atomic mass is 10.3. The number of hydrogen-bond acceptors (Lipinski definition) is 4. The minimum absolute atomic E-state index is 0.401. The summed E-state index contributed by atoms with van der Waals surface area (Å²) in [5, 5.41) is 9.25. The molecule has 0 radical (unpaired) electrons. The molecular weight excluding hydrogens is 222 g/mol. The number of rotatable bonds is 4. The SMILES string of the molecule is CCOc1ccc2nc(SCC#N)[nH]c2c1. The van der Waals surface area contributed by atoms with E-state index in [9.17, 15) is 0 Å². The van der Waals surface area contributed by atoms with Gasteiger partial charge in [-0.1, -0.05) is 11.8 Å². The van der Waals surface area contributed by atoms with Gasteiger partial charge in [-0.25, -0.2) is 4.98 Å². The maximum absolute atomic E-state index is 8.48. The molecule has 1 aromatic heterocycles. The monoisotopic (exact) mass is 233 g/mol. The number of nitriles is 1. The van der Waals surface area contributed by atoms with Gasteiger partial charge in [0.2, 0.25) is 0 Å². The molecule has 0 aliphatic rings. The Labute approximate surface area is 97.6 Å². The van der Waals surface area contributed by atoms with Crippen LogP contribution in [0, 0.1) is 11.3 Å². The van der Waals surface area contributed by atoms with Gasteiger partial charge in [0, 0.05) is 6.07 Å². The van der Waals surface area contributed by atoms with Gasteiger partial charge < -0.3 is 9.72 Å². The highest BCUT2D eigenvalue weighted by molar-refractivity contribution is 7.99. The van der Waals surface area contributed by atoms with Crippen molar-refractivity contribution in [2.24, 2.45) is 0 Å². The van der Waals surface area contributed by atoms with Crippen LogP contribution in [0.25, 0.3) is 11.0 Å². The number of fused-ring (bicyclic) bond motifs is 1. The second-order valence-corrected chi connectivity index (χ2v) is 4.06. The first-order valence-corrected chi connectivity index (χ1v) is 5.94. The standard InChI is InChI=1S/C11H11N3OS/c1-2-15-8-3-4-9-10(7-8)14-11(13-9)16-6-5-12/h3-4,7H,2,6H2,1H3,(H,13,14). The number of nitrogens with zero attached hydrogens (tertiary/aromatic N) is 2. The first-order valence-electron chi connectivity index (χ1n) is 4.96. The highest BCUT2D eigenvalue weighted by atomic mass is 32.2. The number of thioether (sulfide) groups is 1. The first kappa shape index (κ1) is 10.8. The Morgan fingerprint density at radius 2 is 2.44 bits per heavy atom. The fraction of sp³-hybridized carbons (Fsp3) is 0.273. The summed E-state index contributed by atoms with van der Waals surface area (Å²) in [5.74, 6) is 1.23. The van der Waals surface area contributed by atoms with Gasteiger partial charge in [-0.3, -0.25) is 0 Å². The lowest BCUT2D eigenvalue weighted by Gasteiger charge is -2.00. The van der Waals surface area contributed by atoms with Crippen molar-refractivity contribution < 1.29 is 4.74 Å². The summed E-state index contributed by atoms with van der Waals surface area (Å²) in [5.41, 5.74) is 1.83. The Bertz CT molecular complexity index is 529. The van der Waals surface area contributed by atoms with Crippen LogP contribution in [0.2, 0.25) is 0 Å². The zero-order chi connectivity index (χ0) is 11.4. The van der Waals surface area contributed by atoms with E-state index in [2.05, 4.69) is 16.0 Å². The fourth-order valence-electron chi connectivity index (χ4n) is 1.39. The van der Waals surface area contributed by atoms with E-state index in [0.717, 1.165) is 21.9 Å². The molecule has 0 saturated carbocycles. The Kier molecular flexibility index (Phi) is 3.32. The molecule has 82 valence electrons. The summed E-state index contributed by atoms with van der Waals surface area (Å²) in [6.07, 6.45) is 0. The van der Waals surface area contributed by atoms with E-state index in [0.29, 0.717) is 12.4 Å². The molecule has 1 heterocycles. The average Bonchev–Trinajstić information content (AvgIpc) is 2.68. The zero-order valence-corrected chi connectivity index (χ0v) is 9.67. The normalized spacial score (nSPS) is 10.2. The number of imidazole rings is 1. The highest BCUT2D eigenvalue weighted by Gasteiger charge is 2.04. The van der Waals surface area contributed by atoms with Crippen molar-refractivity contribution in [3.05, 3.63) is 18.2 Å². The molecule has 0 aliphatic heterocycles. The molecule has 1 aromatic carbocycles. The molecule has 0 bridgehead atoms. The average molecular weight is 233 g/mol. The smallest absolute Gasteiger partial charge is 0.167 e. The number of hydrogen-bond donors (Lipinski definition) is 1. The molecule has 0 unspecified atom stereocenters. The molecule has 0 atom stereocenters. The Hall–Kier alpha value is -1.67. The van der Waals surface area contributed by atoms with Gasteiger partial charge in [0.15, 0.2) is 5.16 Å². The van der Waals surface area contributed by atoms with Crippen LogP contribution < -0.4 is 4.74 Å². The second-order valence-electron chi connectivity index (χ2n) is 3.10. The molecule has 0 spiro atoms. The first-order chi connectivity index (χ1) is 7.83. The van der Waals surface area contributed by atoms with E-state index in [1.807, 2.05) is 25.1 Å². The second kappa shape index (κ2) is 4.90. The molecule has 5 heteroatoms. The number of benzene rings is 1. The van der Waals surface area contributed by atoms with Gasteiger partial charge in [-0.2, -0.15) is 5.26 Å². The van der Waals surface area contributed by atoms with Crippen molar-refractivity contribution in [3.63, 3.8) is 0 Å². The summed E-state index contributed by atoms with van der Waals surface area (Å²) < 4.78 is 5.40. The molecule has 1 N–H and O–H groups in total. The minimum atomic E-state index is 0.401. The van der Waals surface area contributed by atoms with Crippen LogP contribution in [-0.2, 0) is 0 Å². The number of nitrogens with one attached hydrogen (secondary N) is 1. The predicted octanol–water partition coefficient (Wildman–Crippen LogP) is 2.58. The number of ether oxygens (including phenoxy) is 1. The van der Waals surface area contributed by atoms with Crippen LogP contribution in [0.15, 0.2) is 23.4 Å². The van der Waals surface area contributed by atoms with E-state index < -0.39 is 0 Å². The van der Waals surface area contributed by atoms with Gasteiger partial charge in [-0.05, 0) is 19.1 Å². The van der Waals surface area contributed by atoms with Crippen LogP contribution in [0.4, 0.5) is 0 Å². The molecule has 16 heavy (non-hydrogen) atoms. The number of aromatic amines is 1. The van der Waals surface area contributed by atoms with E-state index in [1.165, 1.54) is 11.8 Å². The predicted molar refractivity (Wildman–Crippen MR) is 63.6 cm³/mol. The Balaban J connectivity index is 2.27. The summed E-state index contributed by atoms with van der Waals surface area (Å²) >= 11 is 1.40. The van der Waals surface area contributed by atoms with Crippen LogP contribution in [0.5, 0.6) is 5.75 Å². The van der Waals surface area contributed by atoms with Crippen molar-refractivity contribution in [2.45, 2.75) is 12.1 Å². The molecular formula is C11H11N3OS. The summed E-state index contributed by atoms with van der Waals surface area (Å²) in [7, 11) is 0. The van der Waals surface area contributed by atoms with Crippen molar-refractivity contribution in [2.75, 3.05) is 12.4 Å². The van der Waals surface area contributed by atoms with Gasteiger partial charge in [0.05, 0.1) is 29.5 Å². The summed E-state index contributed by atoms with van der Waals surface area (Å²) in [6, 6.07) is 7.79. The van der Waals surface area contributed by atoms with Crippen LogP contribution in [0.1, 0.15) is 6.92 Å². The van der Waals surface area contributed by atoms with E-state index in [-0.39, 0.29) is 0 Å². The lowest BCUT2D eigenvalue weighted by molar-refractivity contribution is 0.340. The van der Waals surface area contributed by atoms with Crippen molar-refractivity contribution >= 4 is 22.8 Å². The molecule has 2 rings (SSSR count). The highest BCUT2D eigenvalue weighted by Crippen LogP contribution is 2.22. The molecule has 4 nitrogen and oxygen atoms in total. The minimum Gasteiger partial charge on any atom is -0.494 e. The summed E-state index contributed by atoms with van der Waals surface area (Å²) in [6.45, 7) is 2.60. The van der Waals surface area contributed by atoms with Crippen LogP contribution in [-0.4, -0.2) is 22.3 Å². The molecule has 0 fully saturated rings. The Morgan fingerprint density at radius 3 is 3.19 bits per heavy atom. The van der Waals surface area contributed by atoms with Gasteiger partial charge in [0.1, 0.15) is 5.75 Å². The van der Waals surface area contributed by atoms with Crippen molar-refractivity contribution in [1.82, 2.24) is 9.97 Å². The van der Waals surface area contributed by atoms with Gasteiger partial charge in [0.25, 0.3) is 0 Å². The van der Waals surface area contributed by atoms with Crippen molar-refractivity contribution in [3.8, 4) is 11.8 Å². The van der Waals surface area contributed by atoms with E-state index >= 15 is 0 Å². The molecule has 0 saturated heterocycles. The van der Waals surface area contributed by atoms with Gasteiger partial charge in [-0.15, -0.1) is 0 Å². The third kappa shape index (κ3) is 2.28. The third-order valence-electron chi connectivity index (χ3n) is 2.02. The molecule has 0 aliphatic carbocycles. The lowest BCUT2D eigenvalue weighted by Crippen LogP contribution is -1.90. The topological polar surface area (TPSA) is 61.7 Å². The zero-order valence-electron chi connectivity index (χ0n) is 8.86. The number of aromatic nitrogens is 2. The molecule has 2 aromatic rings. The van der Waals surface area contributed by atoms with E-state index in [4.69, 9.17) is 10.00 Å². The largest absolute Gasteiger partial charge is 0.494 e. The van der Waals surface area contributed by atoms with E-state index in [1.54, 1.807) is 0 Å². The maximum Gasteiger partial charge on any atom is 0.167 e. The van der Waals surface area contributed by atoms with Crippen molar-refractivity contribution in [1.29, 1.82) is 5.26 Å². The Morgan fingerprint density at radius 1 is 1.56 bits per heavy atom. The summed E-state index contributed by atoms with van der Waals surface area (Å²) in [4.78, 5) is 7.50. The number of H-pyrrole nitrogens is 1. The van der Waals surface area contributed by atoms with Crippen LogP contribution >= 0.6 is 11.8 Å². The van der Waals surface area contributed by atoms with Crippen LogP contribution in [0.3, 0.4) is 0 Å². The maximum atomic E-state index is 8.48.